The average molecular weight is 167 g/mol. The van der Waals surface area contributed by atoms with Gasteiger partial charge in [0.15, 0.2) is 0 Å². The summed E-state index contributed by atoms with van der Waals surface area (Å²) in [5, 5.41) is 8.09. The van der Waals surface area contributed by atoms with Crippen molar-refractivity contribution in [2.75, 3.05) is 0 Å². The Bertz CT molecular complexity index is 85.4. The number of carbonyl (C=O) groups is 1. The van der Waals surface area contributed by atoms with E-state index in [-0.39, 0.29) is 0 Å². The molecular formula is C3H6NO2Se. The molecule has 0 aromatic rings. The van der Waals surface area contributed by atoms with Crippen molar-refractivity contribution in [3.63, 3.8) is 0 Å². The van der Waals surface area contributed by atoms with Crippen LogP contribution in [-0.2, 0) is 4.79 Å². The van der Waals surface area contributed by atoms with E-state index in [9.17, 15) is 4.79 Å². The summed E-state index contributed by atoms with van der Waals surface area (Å²) in [6, 6.07) is 0. The molecular weight excluding hydrogens is 161 g/mol. The monoisotopic (exact) mass is 168 g/mol. The first-order chi connectivity index (χ1) is 2.94. The van der Waals surface area contributed by atoms with Crippen LogP contribution in [0, 0.1) is 0 Å². The predicted octanol–water partition coefficient (Wildman–Crippen LogP) is -1.09. The predicted molar refractivity (Wildman–Crippen MR) is 26.0 cm³/mol. The van der Waals surface area contributed by atoms with Crippen molar-refractivity contribution in [1.82, 2.24) is 0 Å². The van der Waals surface area contributed by atoms with Gasteiger partial charge >= 0.3 is 49.0 Å². The zero-order valence-electron chi connectivity index (χ0n) is 3.84. The zero-order chi connectivity index (χ0) is 6.08. The van der Waals surface area contributed by atoms with Crippen LogP contribution in [0.15, 0.2) is 0 Å². The van der Waals surface area contributed by atoms with E-state index in [1.165, 1.54) is 6.92 Å². The SMILES string of the molecule is CC(N)([Se])C(=O)O. The van der Waals surface area contributed by atoms with Crippen LogP contribution >= 0.6 is 0 Å². The molecule has 4 heteroatoms. The molecule has 1 unspecified atom stereocenters. The van der Waals surface area contributed by atoms with Gasteiger partial charge in [-0.05, 0) is 0 Å². The van der Waals surface area contributed by atoms with Crippen molar-refractivity contribution in [3.8, 4) is 0 Å². The summed E-state index contributed by atoms with van der Waals surface area (Å²) in [5.41, 5.74) is 5.02. The molecule has 3 nitrogen and oxygen atoms in total. The third kappa shape index (κ3) is 2.62. The molecule has 3 N–H and O–H groups in total. The molecule has 1 radical (unpaired) electrons. The van der Waals surface area contributed by atoms with E-state index in [0.717, 1.165) is 0 Å². The van der Waals surface area contributed by atoms with Crippen LogP contribution in [0.1, 0.15) is 6.92 Å². The summed E-state index contributed by atoms with van der Waals surface area (Å²) in [7, 11) is 0. The van der Waals surface area contributed by atoms with Crippen LogP contribution in [0.3, 0.4) is 0 Å². The Morgan fingerprint density at radius 2 is 2.14 bits per heavy atom. The van der Waals surface area contributed by atoms with Gasteiger partial charge in [0.1, 0.15) is 0 Å². The van der Waals surface area contributed by atoms with Crippen LogP contribution < -0.4 is 5.73 Å². The first-order valence-electron chi connectivity index (χ1n) is 1.67. The van der Waals surface area contributed by atoms with Gasteiger partial charge in [0, 0.05) is 0 Å². The van der Waals surface area contributed by atoms with E-state index in [1.54, 1.807) is 0 Å². The van der Waals surface area contributed by atoms with Gasteiger partial charge in [0.2, 0.25) is 0 Å². The van der Waals surface area contributed by atoms with Gasteiger partial charge in [-0.1, -0.05) is 0 Å². The third-order valence-electron chi connectivity index (χ3n) is 0.425. The fourth-order valence-corrected chi connectivity index (χ4v) is 0. The molecule has 41 valence electrons. The van der Waals surface area contributed by atoms with Gasteiger partial charge in [-0.15, -0.1) is 0 Å². The maximum atomic E-state index is 9.86. The molecule has 0 heterocycles. The molecule has 0 aromatic carbocycles. The Balaban J connectivity index is 3.79. The summed E-state index contributed by atoms with van der Waals surface area (Å²) in [6.45, 7) is 1.38. The molecule has 0 amide bonds. The molecule has 0 rings (SSSR count). The minimum atomic E-state index is -1.21. The molecule has 0 aliphatic rings. The summed E-state index contributed by atoms with van der Waals surface area (Å²) >= 11 is 2.29. The Labute approximate surface area is 49.7 Å². The quantitative estimate of drug-likeness (QED) is 0.488. The number of aliphatic carboxylic acids is 1. The van der Waals surface area contributed by atoms with Gasteiger partial charge in [-0.3, -0.25) is 0 Å². The molecule has 0 spiro atoms. The third-order valence-corrected chi connectivity index (χ3v) is 0.791. The Hall–Kier alpha value is -0.0505. The second kappa shape index (κ2) is 1.82. The van der Waals surface area contributed by atoms with Crippen LogP contribution in [-0.4, -0.2) is 31.5 Å². The molecule has 0 bridgehead atoms. The number of hydrogen-bond acceptors (Lipinski definition) is 2. The normalized spacial score (nSPS) is 18.1. The first kappa shape index (κ1) is 6.95. The number of rotatable bonds is 1. The van der Waals surface area contributed by atoms with Crippen molar-refractivity contribution in [3.05, 3.63) is 0 Å². The molecule has 7 heavy (non-hydrogen) atoms. The molecule has 0 aliphatic carbocycles. The molecule has 0 saturated carbocycles. The van der Waals surface area contributed by atoms with E-state index in [2.05, 4.69) is 16.0 Å². The van der Waals surface area contributed by atoms with E-state index in [0.29, 0.717) is 0 Å². The zero-order valence-corrected chi connectivity index (χ0v) is 5.55. The second-order valence-electron chi connectivity index (χ2n) is 1.41. The number of carboxylic acids is 1. The summed E-state index contributed by atoms with van der Waals surface area (Å²) in [4.78, 5) is 9.86. The van der Waals surface area contributed by atoms with Crippen molar-refractivity contribution in [2.45, 2.75) is 11.4 Å². The Kier molecular flexibility index (Phi) is 1.81. The van der Waals surface area contributed by atoms with Gasteiger partial charge in [-0.2, -0.15) is 0 Å². The molecule has 1 atom stereocenters. The average Bonchev–Trinajstić information content (AvgIpc) is 1.31. The van der Waals surface area contributed by atoms with Crippen molar-refractivity contribution < 1.29 is 9.90 Å². The van der Waals surface area contributed by atoms with Gasteiger partial charge in [0.25, 0.3) is 0 Å². The van der Waals surface area contributed by atoms with Crippen LogP contribution in [0.4, 0.5) is 0 Å². The standard InChI is InChI=1S/C3H6NO2Se/c1-3(4,7)2(5)6/h4H2,1H3,(H,5,6). The van der Waals surface area contributed by atoms with Crippen molar-refractivity contribution in [1.29, 1.82) is 0 Å². The van der Waals surface area contributed by atoms with E-state index in [4.69, 9.17) is 10.8 Å². The number of hydrogen-bond donors (Lipinski definition) is 2. The summed E-state index contributed by atoms with van der Waals surface area (Å²) in [5.74, 6) is -1.03. The minimum absolute atomic E-state index is 1.03. The fraction of sp³-hybridized carbons (Fsp3) is 0.667. The summed E-state index contributed by atoms with van der Waals surface area (Å²) < 4.78 is -1.21. The van der Waals surface area contributed by atoms with E-state index >= 15 is 0 Å². The second-order valence-corrected chi connectivity index (χ2v) is 3.19. The van der Waals surface area contributed by atoms with Gasteiger partial charge < -0.3 is 0 Å². The summed E-state index contributed by atoms with van der Waals surface area (Å²) in [6.07, 6.45) is 0. The maximum absolute atomic E-state index is 9.86. The first-order valence-corrected chi connectivity index (χ1v) is 2.53. The Morgan fingerprint density at radius 1 is 2.00 bits per heavy atom. The van der Waals surface area contributed by atoms with Gasteiger partial charge in [-0.25, -0.2) is 0 Å². The topological polar surface area (TPSA) is 63.3 Å². The number of carboxylic acid groups (broad SMARTS) is 1. The molecule has 0 aromatic heterocycles. The fourth-order valence-electron chi connectivity index (χ4n) is 0. The Morgan fingerprint density at radius 3 is 2.14 bits per heavy atom. The van der Waals surface area contributed by atoms with Crippen molar-refractivity contribution >= 4 is 22.0 Å². The van der Waals surface area contributed by atoms with Gasteiger partial charge in [0.05, 0.1) is 0 Å². The molecule has 0 fully saturated rings. The molecule has 0 aliphatic heterocycles. The van der Waals surface area contributed by atoms with Crippen LogP contribution in [0.25, 0.3) is 0 Å². The van der Waals surface area contributed by atoms with Crippen LogP contribution in [0.5, 0.6) is 0 Å². The number of nitrogens with two attached hydrogens (primary N) is 1. The van der Waals surface area contributed by atoms with E-state index < -0.39 is 10.4 Å². The van der Waals surface area contributed by atoms with Crippen molar-refractivity contribution in [2.24, 2.45) is 5.73 Å². The van der Waals surface area contributed by atoms with Crippen LogP contribution in [0.2, 0.25) is 0 Å². The molecule has 0 saturated heterocycles. The van der Waals surface area contributed by atoms with E-state index in [1.807, 2.05) is 0 Å².